The number of morpholine rings is 1. The minimum absolute atomic E-state index is 0.00356. The number of aromatic nitrogens is 2. The maximum Gasteiger partial charge on any atom is 0.222 e. The highest BCUT2D eigenvalue weighted by molar-refractivity contribution is 5.78. The number of aryl methyl sites for hydroxylation is 1. The lowest BCUT2D eigenvalue weighted by molar-refractivity contribution is -0.127. The average molecular weight is 319 g/mol. The van der Waals surface area contributed by atoms with Crippen molar-refractivity contribution in [1.82, 2.24) is 19.8 Å². The number of rotatable bonds is 5. The zero-order valence-corrected chi connectivity index (χ0v) is 13.9. The van der Waals surface area contributed by atoms with E-state index in [1.54, 1.807) is 0 Å². The fourth-order valence-corrected chi connectivity index (χ4v) is 3.06. The van der Waals surface area contributed by atoms with Crippen LogP contribution >= 0.6 is 0 Å². The molecule has 1 aromatic heterocycles. The number of hydrogen-bond donors (Lipinski definition) is 1. The van der Waals surface area contributed by atoms with Crippen LogP contribution in [0.5, 0.6) is 0 Å². The van der Waals surface area contributed by atoms with Crippen LogP contribution in [0.2, 0.25) is 0 Å². The van der Waals surface area contributed by atoms with E-state index in [4.69, 9.17) is 4.74 Å². The van der Waals surface area contributed by atoms with Crippen molar-refractivity contribution < 1.29 is 9.53 Å². The van der Waals surface area contributed by atoms with Crippen LogP contribution < -0.4 is 5.32 Å². The van der Waals surface area contributed by atoms with Gasteiger partial charge in [0.25, 0.3) is 0 Å². The maximum absolute atomic E-state index is 11.6. The highest BCUT2D eigenvalue weighted by Gasteiger charge is 2.22. The molecule has 2 saturated heterocycles. The zero-order valence-electron chi connectivity index (χ0n) is 13.9. The molecule has 0 saturated carbocycles. The third-order valence-electron chi connectivity index (χ3n) is 4.32. The second kappa shape index (κ2) is 7.23. The first-order valence-electron chi connectivity index (χ1n) is 8.29. The summed E-state index contributed by atoms with van der Waals surface area (Å²) in [5.74, 6) is 1.79. The van der Waals surface area contributed by atoms with Gasteiger partial charge in [0, 0.05) is 45.2 Å². The van der Waals surface area contributed by atoms with Crippen LogP contribution in [-0.4, -0.2) is 72.1 Å². The fraction of sp³-hybridized carbons (Fsp3) is 0.688. The number of carbonyl (C=O) groups is 1. The van der Waals surface area contributed by atoms with Gasteiger partial charge >= 0.3 is 0 Å². The van der Waals surface area contributed by atoms with Crippen LogP contribution in [0.4, 0.5) is 5.82 Å². The smallest absolute Gasteiger partial charge is 0.222 e. The number of likely N-dealkylation sites (tertiary alicyclic amines) is 1. The number of likely N-dealkylation sites (N-methyl/N-ethyl adjacent to an activating group) is 1. The van der Waals surface area contributed by atoms with E-state index in [1.165, 1.54) is 0 Å². The van der Waals surface area contributed by atoms with E-state index < -0.39 is 0 Å². The van der Waals surface area contributed by atoms with Crippen molar-refractivity contribution >= 4 is 11.7 Å². The third kappa shape index (κ3) is 4.17. The second-order valence-electron chi connectivity index (χ2n) is 6.26. The van der Waals surface area contributed by atoms with Gasteiger partial charge in [0.05, 0.1) is 12.3 Å². The number of hydrogen-bond acceptors (Lipinski definition) is 6. The van der Waals surface area contributed by atoms with Crippen molar-refractivity contribution in [3.63, 3.8) is 0 Å². The molecule has 0 bridgehead atoms. The molecule has 7 nitrogen and oxygen atoms in total. The second-order valence-corrected chi connectivity index (χ2v) is 6.26. The number of amides is 1. The largest absolute Gasteiger partial charge is 0.369 e. The standard InChI is InChI=1S/C16H25N5O2/c1-12-18-13(14-11-20(2)8-9-23-14)10-15(19-12)17-5-7-21-6-3-4-16(21)22/h10,14H,3-9,11H2,1-2H3,(H,17,18,19)/t14-/m0/s1. The first-order chi connectivity index (χ1) is 11.1. The Morgan fingerprint density at radius 1 is 1.39 bits per heavy atom. The molecule has 3 heterocycles. The Labute approximate surface area is 137 Å². The molecule has 0 aliphatic carbocycles. The number of nitrogens with zero attached hydrogens (tertiary/aromatic N) is 4. The van der Waals surface area contributed by atoms with Crippen LogP contribution in [-0.2, 0) is 9.53 Å². The molecule has 0 radical (unpaired) electrons. The lowest BCUT2D eigenvalue weighted by atomic mass is 10.2. The van der Waals surface area contributed by atoms with Crippen LogP contribution in [0.25, 0.3) is 0 Å². The lowest BCUT2D eigenvalue weighted by Gasteiger charge is -2.29. The summed E-state index contributed by atoms with van der Waals surface area (Å²) in [5, 5.41) is 3.31. The molecule has 126 valence electrons. The van der Waals surface area contributed by atoms with Crippen molar-refractivity contribution in [3.05, 3.63) is 17.6 Å². The minimum Gasteiger partial charge on any atom is -0.369 e. The van der Waals surface area contributed by atoms with E-state index in [9.17, 15) is 4.79 Å². The fourth-order valence-electron chi connectivity index (χ4n) is 3.06. The van der Waals surface area contributed by atoms with E-state index in [-0.39, 0.29) is 12.0 Å². The highest BCUT2D eigenvalue weighted by Crippen LogP contribution is 2.21. The van der Waals surface area contributed by atoms with E-state index in [2.05, 4.69) is 27.2 Å². The van der Waals surface area contributed by atoms with E-state index >= 15 is 0 Å². The van der Waals surface area contributed by atoms with E-state index in [1.807, 2.05) is 17.9 Å². The topological polar surface area (TPSA) is 70.6 Å². The molecule has 0 unspecified atom stereocenters. The molecule has 7 heteroatoms. The van der Waals surface area contributed by atoms with Gasteiger partial charge in [0.1, 0.15) is 17.7 Å². The Morgan fingerprint density at radius 2 is 2.26 bits per heavy atom. The van der Waals surface area contributed by atoms with E-state index in [0.29, 0.717) is 13.0 Å². The Bertz CT molecular complexity index is 565. The summed E-state index contributed by atoms with van der Waals surface area (Å²) in [6.45, 7) is 6.72. The molecule has 0 spiro atoms. The predicted molar refractivity (Wildman–Crippen MR) is 87.3 cm³/mol. The predicted octanol–water partition coefficient (Wildman–Crippen LogP) is 0.822. The van der Waals surface area contributed by atoms with Crippen molar-refractivity contribution in [2.75, 3.05) is 51.7 Å². The van der Waals surface area contributed by atoms with Crippen LogP contribution in [0, 0.1) is 6.92 Å². The van der Waals surface area contributed by atoms with Crippen LogP contribution in [0.1, 0.15) is 30.5 Å². The first-order valence-corrected chi connectivity index (χ1v) is 8.29. The monoisotopic (exact) mass is 319 g/mol. The minimum atomic E-state index is -0.00356. The average Bonchev–Trinajstić information content (AvgIpc) is 2.92. The normalized spacial score (nSPS) is 22.6. The SMILES string of the molecule is Cc1nc(NCCN2CCCC2=O)cc([C@@H]2CN(C)CCO2)n1. The van der Waals surface area contributed by atoms with Gasteiger partial charge in [-0.25, -0.2) is 9.97 Å². The molecule has 0 aromatic carbocycles. The summed E-state index contributed by atoms with van der Waals surface area (Å²) >= 11 is 0. The summed E-state index contributed by atoms with van der Waals surface area (Å²) in [7, 11) is 2.09. The summed E-state index contributed by atoms with van der Waals surface area (Å²) < 4.78 is 5.83. The molecule has 1 aromatic rings. The Balaban J connectivity index is 1.59. The Morgan fingerprint density at radius 3 is 3.00 bits per heavy atom. The van der Waals surface area contributed by atoms with Gasteiger partial charge in [-0.2, -0.15) is 0 Å². The van der Waals surface area contributed by atoms with Crippen LogP contribution in [0.15, 0.2) is 6.07 Å². The van der Waals surface area contributed by atoms with Gasteiger partial charge in [-0.1, -0.05) is 0 Å². The summed E-state index contributed by atoms with van der Waals surface area (Å²) in [6, 6.07) is 1.96. The molecule has 23 heavy (non-hydrogen) atoms. The number of ether oxygens (including phenoxy) is 1. The van der Waals surface area contributed by atoms with Gasteiger partial charge in [-0.15, -0.1) is 0 Å². The summed E-state index contributed by atoms with van der Waals surface area (Å²) in [6.07, 6.45) is 1.65. The molecular formula is C16H25N5O2. The molecule has 2 fully saturated rings. The summed E-state index contributed by atoms with van der Waals surface area (Å²) in [4.78, 5) is 24.7. The van der Waals surface area contributed by atoms with E-state index in [0.717, 1.165) is 56.5 Å². The van der Waals surface area contributed by atoms with Gasteiger partial charge in [0.2, 0.25) is 5.91 Å². The van der Waals surface area contributed by atoms with Crippen molar-refractivity contribution in [2.45, 2.75) is 25.9 Å². The summed E-state index contributed by atoms with van der Waals surface area (Å²) in [5.41, 5.74) is 0.920. The molecule has 2 aliphatic rings. The zero-order chi connectivity index (χ0) is 16.2. The molecule has 1 N–H and O–H groups in total. The first kappa shape index (κ1) is 16.1. The molecule has 1 amide bonds. The van der Waals surface area contributed by atoms with Crippen molar-refractivity contribution in [3.8, 4) is 0 Å². The van der Waals surface area contributed by atoms with Crippen molar-refractivity contribution in [1.29, 1.82) is 0 Å². The van der Waals surface area contributed by atoms with Crippen LogP contribution in [0.3, 0.4) is 0 Å². The highest BCUT2D eigenvalue weighted by atomic mass is 16.5. The molecule has 2 aliphatic heterocycles. The maximum atomic E-state index is 11.6. The Kier molecular flexibility index (Phi) is 5.07. The third-order valence-corrected chi connectivity index (χ3v) is 4.32. The van der Waals surface area contributed by atoms with Gasteiger partial charge in [0.15, 0.2) is 0 Å². The molecular weight excluding hydrogens is 294 g/mol. The van der Waals surface area contributed by atoms with Gasteiger partial charge in [-0.05, 0) is 20.4 Å². The molecule has 3 rings (SSSR count). The number of nitrogens with one attached hydrogen (secondary N) is 1. The number of anilines is 1. The van der Waals surface area contributed by atoms with Gasteiger partial charge < -0.3 is 19.9 Å². The van der Waals surface area contributed by atoms with Crippen molar-refractivity contribution in [2.24, 2.45) is 0 Å². The Hall–Kier alpha value is -1.73. The van der Waals surface area contributed by atoms with Gasteiger partial charge in [-0.3, -0.25) is 4.79 Å². The lowest BCUT2D eigenvalue weighted by Crippen LogP contribution is -2.35. The number of carbonyl (C=O) groups excluding carboxylic acids is 1. The molecule has 1 atom stereocenters. The quantitative estimate of drug-likeness (QED) is 0.866.